The second-order valence-corrected chi connectivity index (χ2v) is 4.62. The molecule has 0 aromatic carbocycles. The van der Waals surface area contributed by atoms with Gasteiger partial charge in [-0.2, -0.15) is 0 Å². The lowest BCUT2D eigenvalue weighted by Crippen LogP contribution is -2.44. The average molecular weight is 266 g/mol. The number of ether oxygens (including phenoxy) is 1. The van der Waals surface area contributed by atoms with Gasteiger partial charge in [0.05, 0.1) is 12.6 Å². The van der Waals surface area contributed by atoms with Gasteiger partial charge in [0.1, 0.15) is 5.72 Å². The third kappa shape index (κ3) is 4.29. The topological polar surface area (TPSA) is 64.4 Å². The summed E-state index contributed by atoms with van der Waals surface area (Å²) in [5.74, 6) is 0. The van der Waals surface area contributed by atoms with Gasteiger partial charge in [-0.05, 0) is 18.4 Å². The Balaban J connectivity index is 2.63. The quantitative estimate of drug-likeness (QED) is 0.416. The highest BCUT2D eigenvalue weighted by Crippen LogP contribution is 2.28. The summed E-state index contributed by atoms with van der Waals surface area (Å²) in [5.41, 5.74) is 0.573. The fraction of sp³-hybridized carbons (Fsp3) is 0.571. The Morgan fingerprint density at radius 2 is 2.37 bits per heavy atom. The number of hydrogen-bond acceptors (Lipinski definition) is 4. The summed E-state index contributed by atoms with van der Waals surface area (Å²) in [6, 6.07) is 0.0751. The normalized spacial score (nSPS) is 27.2. The van der Waals surface area contributed by atoms with Gasteiger partial charge in [-0.25, -0.2) is 0 Å². The standard InChI is InChI=1S/C14H22N2O3/c1-4-8-12(5-2)13-11-19-14(6-3,15-13)9-7-10-16(17)18/h4-5,8,13,15H,1-2,6-7,9-11H2,3H3/b12-8+. The Bertz CT molecular complexity index is 379. The van der Waals surface area contributed by atoms with E-state index in [0.29, 0.717) is 19.4 Å². The van der Waals surface area contributed by atoms with Crippen molar-refractivity contribution in [1.29, 1.82) is 0 Å². The molecule has 0 radical (unpaired) electrons. The molecule has 19 heavy (non-hydrogen) atoms. The summed E-state index contributed by atoms with van der Waals surface area (Å²) in [6.07, 6.45) is 7.33. The highest BCUT2D eigenvalue weighted by Gasteiger charge is 2.38. The van der Waals surface area contributed by atoms with E-state index in [2.05, 4.69) is 18.5 Å². The second-order valence-electron chi connectivity index (χ2n) is 4.62. The Labute approximate surface area is 114 Å². The lowest BCUT2D eigenvalue weighted by atomic mass is 10.0. The van der Waals surface area contributed by atoms with E-state index in [0.717, 1.165) is 12.0 Å². The smallest absolute Gasteiger partial charge is 0.204 e. The van der Waals surface area contributed by atoms with E-state index in [1.165, 1.54) is 0 Å². The SMILES string of the molecule is C=C/C=C(\C=C)C1COC(CC)(CCC[N+](=O)[O-])N1. The van der Waals surface area contributed by atoms with E-state index in [9.17, 15) is 10.1 Å². The minimum Gasteiger partial charge on any atom is -0.359 e. The molecule has 0 aliphatic carbocycles. The molecule has 1 N–H and O–H groups in total. The molecule has 0 bridgehead atoms. The molecule has 1 saturated heterocycles. The first-order chi connectivity index (χ1) is 9.06. The fourth-order valence-corrected chi connectivity index (χ4v) is 2.30. The van der Waals surface area contributed by atoms with Gasteiger partial charge in [0, 0.05) is 11.3 Å². The summed E-state index contributed by atoms with van der Waals surface area (Å²) >= 11 is 0. The molecule has 1 heterocycles. The van der Waals surface area contributed by atoms with Crippen molar-refractivity contribution in [3.8, 4) is 0 Å². The molecular formula is C14H22N2O3. The van der Waals surface area contributed by atoms with Crippen LogP contribution < -0.4 is 5.32 Å². The largest absolute Gasteiger partial charge is 0.359 e. The zero-order valence-electron chi connectivity index (χ0n) is 11.4. The van der Waals surface area contributed by atoms with Gasteiger partial charge in [0.15, 0.2) is 0 Å². The molecule has 2 atom stereocenters. The number of nitro groups is 1. The van der Waals surface area contributed by atoms with Crippen LogP contribution in [0.15, 0.2) is 37.0 Å². The van der Waals surface area contributed by atoms with Gasteiger partial charge in [-0.1, -0.05) is 38.3 Å². The predicted octanol–water partition coefficient (Wildman–Crippen LogP) is 2.44. The second kappa shape index (κ2) is 7.21. The van der Waals surface area contributed by atoms with Crippen molar-refractivity contribution in [2.75, 3.05) is 13.2 Å². The van der Waals surface area contributed by atoms with Crippen LogP contribution in [0.4, 0.5) is 0 Å². The number of rotatable bonds is 8. The van der Waals surface area contributed by atoms with Crippen molar-refractivity contribution < 1.29 is 9.66 Å². The molecule has 0 aromatic heterocycles. The van der Waals surface area contributed by atoms with E-state index in [1.54, 1.807) is 12.2 Å². The first kappa shape index (κ1) is 15.6. The average Bonchev–Trinajstić information content (AvgIpc) is 2.80. The molecule has 5 heteroatoms. The molecule has 1 rings (SSSR count). The maximum atomic E-state index is 10.4. The highest BCUT2D eigenvalue weighted by atomic mass is 16.6. The maximum absolute atomic E-state index is 10.4. The number of hydrogen-bond donors (Lipinski definition) is 1. The van der Waals surface area contributed by atoms with Crippen molar-refractivity contribution in [3.63, 3.8) is 0 Å². The molecule has 0 spiro atoms. The van der Waals surface area contributed by atoms with Gasteiger partial charge >= 0.3 is 0 Å². The zero-order chi connectivity index (χ0) is 14.3. The van der Waals surface area contributed by atoms with Gasteiger partial charge in [0.2, 0.25) is 6.54 Å². The third-order valence-corrected chi connectivity index (χ3v) is 3.40. The fourth-order valence-electron chi connectivity index (χ4n) is 2.30. The van der Waals surface area contributed by atoms with Crippen LogP contribution in [0.5, 0.6) is 0 Å². The molecule has 2 unspecified atom stereocenters. The van der Waals surface area contributed by atoms with Crippen LogP contribution in [-0.4, -0.2) is 29.8 Å². The number of allylic oxidation sites excluding steroid dienone is 2. The zero-order valence-corrected chi connectivity index (χ0v) is 11.4. The van der Waals surface area contributed by atoms with Crippen molar-refractivity contribution in [2.24, 2.45) is 0 Å². The summed E-state index contributed by atoms with van der Waals surface area (Å²) < 4.78 is 5.86. The van der Waals surface area contributed by atoms with Crippen molar-refractivity contribution in [1.82, 2.24) is 5.32 Å². The Hall–Kier alpha value is -1.46. The predicted molar refractivity (Wildman–Crippen MR) is 75.5 cm³/mol. The lowest BCUT2D eigenvalue weighted by molar-refractivity contribution is -0.481. The van der Waals surface area contributed by atoms with E-state index in [4.69, 9.17) is 4.74 Å². The first-order valence-electron chi connectivity index (χ1n) is 6.55. The van der Waals surface area contributed by atoms with Gasteiger partial charge in [-0.3, -0.25) is 15.4 Å². The summed E-state index contributed by atoms with van der Waals surface area (Å²) in [7, 11) is 0. The monoisotopic (exact) mass is 266 g/mol. The highest BCUT2D eigenvalue weighted by molar-refractivity contribution is 5.28. The van der Waals surface area contributed by atoms with E-state index in [-0.39, 0.29) is 17.5 Å². The minimum absolute atomic E-state index is 0.0196. The third-order valence-electron chi connectivity index (χ3n) is 3.40. The van der Waals surface area contributed by atoms with Gasteiger partial charge in [0.25, 0.3) is 0 Å². The van der Waals surface area contributed by atoms with Crippen LogP contribution in [0.1, 0.15) is 26.2 Å². The van der Waals surface area contributed by atoms with E-state index < -0.39 is 5.72 Å². The van der Waals surface area contributed by atoms with Crippen LogP contribution in [0.25, 0.3) is 0 Å². The minimum atomic E-state index is -0.454. The Morgan fingerprint density at radius 1 is 1.63 bits per heavy atom. The van der Waals surface area contributed by atoms with Gasteiger partial charge in [-0.15, -0.1) is 0 Å². The molecule has 0 amide bonds. The van der Waals surface area contributed by atoms with Crippen LogP contribution in [-0.2, 0) is 4.74 Å². The first-order valence-corrected chi connectivity index (χ1v) is 6.55. The summed E-state index contributed by atoms with van der Waals surface area (Å²) in [4.78, 5) is 10.1. The Morgan fingerprint density at radius 3 is 2.89 bits per heavy atom. The molecule has 5 nitrogen and oxygen atoms in total. The maximum Gasteiger partial charge on any atom is 0.204 e. The summed E-state index contributed by atoms with van der Waals surface area (Å²) in [6.45, 7) is 10.0. The number of nitrogens with zero attached hydrogens (tertiary/aromatic N) is 1. The molecule has 0 aromatic rings. The van der Waals surface area contributed by atoms with Crippen molar-refractivity contribution in [2.45, 2.75) is 38.0 Å². The molecular weight excluding hydrogens is 244 g/mol. The van der Waals surface area contributed by atoms with Crippen molar-refractivity contribution in [3.05, 3.63) is 47.1 Å². The Kier molecular flexibility index (Phi) is 5.92. The van der Waals surface area contributed by atoms with Crippen LogP contribution in [0, 0.1) is 10.1 Å². The summed E-state index contributed by atoms with van der Waals surface area (Å²) in [5, 5.41) is 13.8. The van der Waals surface area contributed by atoms with E-state index >= 15 is 0 Å². The van der Waals surface area contributed by atoms with Crippen LogP contribution in [0.3, 0.4) is 0 Å². The molecule has 1 aliphatic rings. The van der Waals surface area contributed by atoms with Gasteiger partial charge < -0.3 is 4.74 Å². The number of nitrogens with one attached hydrogen (secondary N) is 1. The van der Waals surface area contributed by atoms with Crippen LogP contribution >= 0.6 is 0 Å². The van der Waals surface area contributed by atoms with Crippen LogP contribution in [0.2, 0.25) is 0 Å². The molecule has 0 saturated carbocycles. The lowest BCUT2D eigenvalue weighted by Gasteiger charge is -2.27. The molecule has 106 valence electrons. The van der Waals surface area contributed by atoms with Crippen molar-refractivity contribution >= 4 is 0 Å². The van der Waals surface area contributed by atoms with E-state index in [1.807, 2.05) is 13.0 Å². The molecule has 1 aliphatic heterocycles. The molecule has 1 fully saturated rings.